The average Bonchev–Trinajstić information content (AvgIpc) is 2.44. The van der Waals surface area contributed by atoms with E-state index in [9.17, 15) is 9.59 Å². The number of rotatable bonds is 3. The molecule has 0 saturated carbocycles. The van der Waals surface area contributed by atoms with Crippen molar-refractivity contribution < 1.29 is 0 Å². The van der Waals surface area contributed by atoms with E-state index in [-0.39, 0.29) is 17.8 Å². The van der Waals surface area contributed by atoms with Crippen molar-refractivity contribution in [2.24, 2.45) is 0 Å². The van der Waals surface area contributed by atoms with E-state index in [4.69, 9.17) is 5.26 Å². The maximum absolute atomic E-state index is 12.1. The van der Waals surface area contributed by atoms with Crippen LogP contribution in [0, 0.1) is 11.3 Å². The predicted molar refractivity (Wildman–Crippen MR) is 75.3 cm³/mol. The fourth-order valence-electron chi connectivity index (χ4n) is 1.80. The normalized spacial score (nSPS) is 10.1. The molecular weight excluding hydrogens is 262 g/mol. The molecule has 0 unspecified atom stereocenters. The number of aromatic amines is 1. The third-order valence-corrected chi connectivity index (χ3v) is 2.88. The molecule has 1 N–H and O–H groups in total. The molecule has 19 heavy (non-hydrogen) atoms. The van der Waals surface area contributed by atoms with Crippen molar-refractivity contribution in [1.29, 1.82) is 5.26 Å². The number of benzene rings is 1. The zero-order chi connectivity index (χ0) is 13.8. The van der Waals surface area contributed by atoms with Crippen molar-refractivity contribution in [2.45, 2.75) is 6.54 Å². The van der Waals surface area contributed by atoms with Gasteiger partial charge in [0.1, 0.15) is 11.6 Å². The van der Waals surface area contributed by atoms with E-state index in [0.29, 0.717) is 11.3 Å². The molecule has 0 saturated heterocycles. The molecule has 0 bridgehead atoms. The highest BCUT2D eigenvalue weighted by Crippen LogP contribution is 2.16. The molecule has 2 aromatic rings. The Kier molecular flexibility index (Phi) is 3.88. The summed E-state index contributed by atoms with van der Waals surface area (Å²) in [5.41, 5.74) is -0.288. The van der Waals surface area contributed by atoms with Crippen LogP contribution in [-0.2, 0) is 6.54 Å². The number of nitrogens with zero attached hydrogens (tertiary/aromatic N) is 2. The van der Waals surface area contributed by atoms with Gasteiger partial charge in [-0.15, -0.1) is 0 Å². The molecule has 0 aliphatic rings. The Balaban J connectivity index is 2.76. The van der Waals surface area contributed by atoms with E-state index < -0.39 is 11.2 Å². The second kappa shape index (κ2) is 5.59. The van der Waals surface area contributed by atoms with E-state index in [1.54, 1.807) is 24.3 Å². The first-order valence-electron chi connectivity index (χ1n) is 5.62. The summed E-state index contributed by atoms with van der Waals surface area (Å²) >= 11 is 3.99. The van der Waals surface area contributed by atoms with Crippen LogP contribution in [0.15, 0.2) is 39.9 Å². The number of nitriles is 1. The molecule has 6 heteroatoms. The van der Waals surface area contributed by atoms with Crippen LogP contribution in [0.25, 0.3) is 11.3 Å². The van der Waals surface area contributed by atoms with Gasteiger partial charge in [0, 0.05) is 12.3 Å². The first-order chi connectivity index (χ1) is 9.19. The van der Waals surface area contributed by atoms with Crippen LogP contribution in [-0.4, -0.2) is 15.3 Å². The Labute approximate surface area is 114 Å². The molecule has 0 aliphatic heterocycles. The van der Waals surface area contributed by atoms with Crippen molar-refractivity contribution >= 4 is 12.6 Å². The van der Waals surface area contributed by atoms with Crippen molar-refractivity contribution in [3.63, 3.8) is 0 Å². The smallest absolute Gasteiger partial charge is 0.305 e. The maximum atomic E-state index is 12.1. The Morgan fingerprint density at radius 2 is 1.95 bits per heavy atom. The summed E-state index contributed by atoms with van der Waals surface area (Å²) in [6, 6.07) is 10.7. The van der Waals surface area contributed by atoms with E-state index in [1.165, 1.54) is 0 Å². The summed E-state index contributed by atoms with van der Waals surface area (Å²) in [5, 5.41) is 9.14. The second-order valence-electron chi connectivity index (χ2n) is 3.84. The topological polar surface area (TPSA) is 78.7 Å². The predicted octanol–water partition coefficient (Wildman–Crippen LogP) is 1.01. The molecule has 0 spiro atoms. The van der Waals surface area contributed by atoms with Crippen molar-refractivity contribution in [3.05, 3.63) is 56.7 Å². The first kappa shape index (κ1) is 13.2. The summed E-state index contributed by atoms with van der Waals surface area (Å²) in [7, 11) is 0. The number of thiol groups is 1. The van der Waals surface area contributed by atoms with Crippen LogP contribution < -0.4 is 11.2 Å². The number of nitrogens with one attached hydrogen (secondary N) is 1. The highest BCUT2D eigenvalue weighted by Gasteiger charge is 2.14. The second-order valence-corrected chi connectivity index (χ2v) is 4.29. The Morgan fingerprint density at radius 3 is 2.53 bits per heavy atom. The van der Waals surface area contributed by atoms with Gasteiger partial charge < -0.3 is 4.98 Å². The lowest BCUT2D eigenvalue weighted by atomic mass is 10.1. The van der Waals surface area contributed by atoms with Crippen LogP contribution in [0.4, 0.5) is 0 Å². The molecule has 1 aromatic heterocycles. The fraction of sp³-hybridized carbons (Fsp3) is 0.154. The van der Waals surface area contributed by atoms with Crippen LogP contribution in [0.5, 0.6) is 0 Å². The van der Waals surface area contributed by atoms with E-state index in [2.05, 4.69) is 17.6 Å². The molecule has 0 fully saturated rings. The van der Waals surface area contributed by atoms with Gasteiger partial charge in [-0.1, -0.05) is 30.3 Å². The summed E-state index contributed by atoms with van der Waals surface area (Å²) < 4.78 is 0.984. The van der Waals surface area contributed by atoms with Crippen molar-refractivity contribution in [1.82, 2.24) is 9.55 Å². The van der Waals surface area contributed by atoms with Gasteiger partial charge in [-0.05, 0) is 5.56 Å². The van der Waals surface area contributed by atoms with Gasteiger partial charge in [0.05, 0.1) is 5.69 Å². The monoisotopic (exact) mass is 273 g/mol. The summed E-state index contributed by atoms with van der Waals surface area (Å²) in [6.45, 7) is 0.168. The van der Waals surface area contributed by atoms with Gasteiger partial charge in [-0.3, -0.25) is 9.36 Å². The van der Waals surface area contributed by atoms with E-state index >= 15 is 0 Å². The Morgan fingerprint density at radius 1 is 1.26 bits per heavy atom. The number of aromatic nitrogens is 2. The quantitative estimate of drug-likeness (QED) is 0.819. The molecule has 1 aromatic carbocycles. The molecule has 0 aliphatic carbocycles. The lowest BCUT2D eigenvalue weighted by Gasteiger charge is -2.07. The molecule has 2 rings (SSSR count). The van der Waals surface area contributed by atoms with Crippen LogP contribution in [0.2, 0.25) is 0 Å². The highest BCUT2D eigenvalue weighted by molar-refractivity contribution is 7.80. The minimum Gasteiger partial charge on any atom is -0.305 e. The molecular formula is C13H11N3O2S. The highest BCUT2D eigenvalue weighted by atomic mass is 32.1. The maximum Gasteiger partial charge on any atom is 0.328 e. The third kappa shape index (κ3) is 2.46. The lowest BCUT2D eigenvalue weighted by Crippen LogP contribution is -2.37. The number of hydrogen-bond acceptors (Lipinski definition) is 4. The van der Waals surface area contributed by atoms with E-state index in [0.717, 1.165) is 4.57 Å². The lowest BCUT2D eigenvalue weighted by molar-refractivity contribution is 0.679. The molecule has 0 radical (unpaired) electrons. The van der Waals surface area contributed by atoms with Gasteiger partial charge in [-0.25, -0.2) is 4.79 Å². The minimum absolute atomic E-state index is 0.0624. The molecule has 1 heterocycles. The van der Waals surface area contributed by atoms with Crippen molar-refractivity contribution in [2.75, 3.05) is 5.75 Å². The van der Waals surface area contributed by atoms with E-state index in [1.807, 2.05) is 12.1 Å². The van der Waals surface area contributed by atoms with Crippen LogP contribution in [0.3, 0.4) is 0 Å². The fourth-order valence-corrected chi connectivity index (χ4v) is 2.00. The molecule has 96 valence electrons. The SMILES string of the molecule is N#Cc1c(-c2ccccc2)[nH]c(=O)n(CCS)c1=O. The zero-order valence-electron chi connectivity index (χ0n) is 9.96. The Bertz CT molecular complexity index is 741. The third-order valence-electron chi connectivity index (χ3n) is 2.68. The van der Waals surface area contributed by atoms with Gasteiger partial charge in [0.15, 0.2) is 0 Å². The van der Waals surface area contributed by atoms with Gasteiger partial charge in [-0.2, -0.15) is 17.9 Å². The summed E-state index contributed by atoms with van der Waals surface area (Å²) in [4.78, 5) is 26.5. The largest absolute Gasteiger partial charge is 0.328 e. The average molecular weight is 273 g/mol. The minimum atomic E-state index is -0.584. The Hall–Kier alpha value is -2.26. The number of hydrogen-bond donors (Lipinski definition) is 2. The number of H-pyrrole nitrogens is 1. The standard InChI is InChI=1S/C13H11N3O2S/c14-8-10-11(9-4-2-1-3-5-9)15-13(18)16(6-7-19)12(10)17/h1-5,19H,6-7H2,(H,15,18). The summed E-state index contributed by atoms with van der Waals surface area (Å²) in [5.74, 6) is 0.346. The molecule has 0 atom stereocenters. The van der Waals surface area contributed by atoms with Gasteiger partial charge in [0.25, 0.3) is 5.56 Å². The molecule has 5 nitrogen and oxygen atoms in total. The van der Waals surface area contributed by atoms with Crippen LogP contribution >= 0.6 is 12.6 Å². The summed E-state index contributed by atoms with van der Waals surface area (Å²) in [6.07, 6.45) is 0. The first-order valence-corrected chi connectivity index (χ1v) is 6.25. The van der Waals surface area contributed by atoms with Crippen LogP contribution in [0.1, 0.15) is 5.56 Å². The zero-order valence-corrected chi connectivity index (χ0v) is 10.9. The van der Waals surface area contributed by atoms with Gasteiger partial charge in [0.2, 0.25) is 0 Å². The van der Waals surface area contributed by atoms with Gasteiger partial charge >= 0.3 is 5.69 Å². The molecule has 0 amide bonds. The van der Waals surface area contributed by atoms with Crippen molar-refractivity contribution in [3.8, 4) is 17.3 Å².